The molecule has 2 N–H and O–H groups in total. The van der Waals surface area contributed by atoms with E-state index in [1.165, 1.54) is 10.6 Å². The van der Waals surface area contributed by atoms with Crippen molar-refractivity contribution in [1.29, 1.82) is 0 Å². The van der Waals surface area contributed by atoms with Gasteiger partial charge in [-0.2, -0.15) is 9.61 Å². The first-order chi connectivity index (χ1) is 12.5. The highest BCUT2D eigenvalue weighted by molar-refractivity contribution is 9.10. The predicted molar refractivity (Wildman–Crippen MR) is 106 cm³/mol. The third-order valence-electron chi connectivity index (χ3n) is 4.20. The average Bonchev–Trinajstić information content (AvgIpc) is 3.01. The molecule has 0 atom stereocenters. The Balaban J connectivity index is 1.98. The van der Waals surface area contributed by atoms with Crippen molar-refractivity contribution in [2.24, 2.45) is 0 Å². The number of nitrogens with two attached hydrogens (primary N) is 1. The van der Waals surface area contributed by atoms with Crippen LogP contribution in [-0.2, 0) is 0 Å². The molecule has 4 rings (SSSR count). The van der Waals surface area contributed by atoms with Crippen LogP contribution in [0.5, 0.6) is 0 Å². The summed E-state index contributed by atoms with van der Waals surface area (Å²) < 4.78 is 16.6. The molecule has 2 aromatic carbocycles. The standard InChI is InChI=1S/C19H13BrClFN4/c1-10-17(11-3-2-4-13(21)7-11)18(23)26-19(25-10)15(9-24-26)14-8-12(20)5-6-16(14)22/h2-9H,23H2,1H3. The lowest BCUT2D eigenvalue weighted by Crippen LogP contribution is -2.05. The fraction of sp³-hybridized carbons (Fsp3) is 0.0526. The van der Waals surface area contributed by atoms with Crippen molar-refractivity contribution < 1.29 is 4.39 Å². The third kappa shape index (κ3) is 2.75. The van der Waals surface area contributed by atoms with Gasteiger partial charge in [0.2, 0.25) is 0 Å². The topological polar surface area (TPSA) is 56.2 Å². The molecule has 130 valence electrons. The highest BCUT2D eigenvalue weighted by Gasteiger charge is 2.18. The molecule has 0 aliphatic rings. The summed E-state index contributed by atoms with van der Waals surface area (Å²) in [6, 6.07) is 12.1. The number of benzene rings is 2. The average molecular weight is 432 g/mol. The number of aryl methyl sites for hydroxylation is 1. The van der Waals surface area contributed by atoms with E-state index in [-0.39, 0.29) is 5.82 Å². The van der Waals surface area contributed by atoms with E-state index in [0.29, 0.717) is 27.6 Å². The Labute approximate surface area is 162 Å². The molecular weight excluding hydrogens is 419 g/mol. The van der Waals surface area contributed by atoms with E-state index in [9.17, 15) is 4.39 Å². The van der Waals surface area contributed by atoms with Gasteiger partial charge in [-0.15, -0.1) is 0 Å². The number of nitrogen functional groups attached to an aromatic ring is 1. The zero-order valence-corrected chi connectivity index (χ0v) is 16.0. The maximum atomic E-state index is 14.3. The van der Waals surface area contributed by atoms with Gasteiger partial charge in [0, 0.05) is 26.2 Å². The molecule has 0 aliphatic heterocycles. The minimum atomic E-state index is -0.347. The summed E-state index contributed by atoms with van der Waals surface area (Å²) in [5, 5.41) is 4.94. The van der Waals surface area contributed by atoms with E-state index in [2.05, 4.69) is 26.0 Å². The molecule has 0 fully saturated rings. The Morgan fingerprint density at radius 1 is 1.15 bits per heavy atom. The van der Waals surface area contributed by atoms with Gasteiger partial charge in [0.15, 0.2) is 5.65 Å². The normalized spacial score (nSPS) is 11.2. The van der Waals surface area contributed by atoms with E-state index in [1.54, 1.807) is 24.4 Å². The van der Waals surface area contributed by atoms with Crippen LogP contribution >= 0.6 is 27.5 Å². The van der Waals surface area contributed by atoms with Crippen molar-refractivity contribution in [3.05, 3.63) is 69.7 Å². The number of halogens is 3. The first-order valence-electron chi connectivity index (χ1n) is 7.81. The highest BCUT2D eigenvalue weighted by atomic mass is 79.9. The van der Waals surface area contributed by atoms with Crippen LogP contribution in [0.4, 0.5) is 10.2 Å². The number of fused-ring (bicyclic) bond motifs is 1. The van der Waals surface area contributed by atoms with Crippen LogP contribution in [0.3, 0.4) is 0 Å². The van der Waals surface area contributed by atoms with E-state index in [1.807, 2.05) is 25.1 Å². The van der Waals surface area contributed by atoms with E-state index >= 15 is 0 Å². The Morgan fingerprint density at radius 2 is 1.96 bits per heavy atom. The molecule has 2 heterocycles. The molecule has 0 saturated carbocycles. The molecule has 0 unspecified atom stereocenters. The summed E-state index contributed by atoms with van der Waals surface area (Å²) in [7, 11) is 0. The van der Waals surface area contributed by atoms with Crippen LogP contribution < -0.4 is 5.73 Å². The molecular formula is C19H13BrClFN4. The summed E-state index contributed by atoms with van der Waals surface area (Å²) in [5.41, 5.74) is 10.2. The summed E-state index contributed by atoms with van der Waals surface area (Å²) >= 11 is 9.48. The fourth-order valence-corrected chi connectivity index (χ4v) is 3.58. The van der Waals surface area contributed by atoms with Crippen LogP contribution in [0, 0.1) is 12.7 Å². The minimum Gasteiger partial charge on any atom is -0.383 e. The summed E-state index contributed by atoms with van der Waals surface area (Å²) in [5.74, 6) is 0.0801. The highest BCUT2D eigenvalue weighted by Crippen LogP contribution is 2.34. The smallest absolute Gasteiger partial charge is 0.165 e. The zero-order chi connectivity index (χ0) is 18.4. The third-order valence-corrected chi connectivity index (χ3v) is 4.92. The molecule has 26 heavy (non-hydrogen) atoms. The summed E-state index contributed by atoms with van der Waals surface area (Å²) in [4.78, 5) is 4.65. The number of hydrogen-bond donors (Lipinski definition) is 1. The lowest BCUT2D eigenvalue weighted by molar-refractivity contribution is 0.631. The van der Waals surface area contributed by atoms with Gasteiger partial charge >= 0.3 is 0 Å². The predicted octanol–water partition coefficient (Wildman–Crippen LogP) is 5.51. The van der Waals surface area contributed by atoms with Crippen LogP contribution in [0.15, 0.2) is 53.1 Å². The van der Waals surface area contributed by atoms with Crippen LogP contribution in [-0.4, -0.2) is 14.6 Å². The molecule has 4 aromatic rings. The van der Waals surface area contributed by atoms with Gasteiger partial charge in [-0.3, -0.25) is 0 Å². The molecule has 2 aromatic heterocycles. The number of anilines is 1. The van der Waals surface area contributed by atoms with E-state index in [4.69, 9.17) is 17.3 Å². The molecule has 7 heteroatoms. The Morgan fingerprint density at radius 3 is 2.73 bits per heavy atom. The van der Waals surface area contributed by atoms with Crippen molar-refractivity contribution in [2.75, 3.05) is 5.73 Å². The van der Waals surface area contributed by atoms with Gasteiger partial charge in [-0.1, -0.05) is 39.7 Å². The SMILES string of the molecule is Cc1nc2c(-c3cc(Br)ccc3F)cnn2c(N)c1-c1cccc(Cl)c1. The quantitative estimate of drug-likeness (QED) is 0.455. The number of aromatic nitrogens is 3. The monoisotopic (exact) mass is 430 g/mol. The summed E-state index contributed by atoms with van der Waals surface area (Å²) in [6.45, 7) is 1.86. The maximum absolute atomic E-state index is 14.3. The molecule has 4 nitrogen and oxygen atoms in total. The lowest BCUT2D eigenvalue weighted by atomic mass is 10.0. The fourth-order valence-electron chi connectivity index (χ4n) is 3.03. The van der Waals surface area contributed by atoms with Crippen molar-refractivity contribution in [3.63, 3.8) is 0 Å². The molecule has 0 radical (unpaired) electrons. The van der Waals surface area contributed by atoms with Gasteiger partial charge in [0.1, 0.15) is 11.6 Å². The maximum Gasteiger partial charge on any atom is 0.165 e. The second-order valence-electron chi connectivity index (χ2n) is 5.89. The molecule has 0 bridgehead atoms. The van der Waals surface area contributed by atoms with Crippen molar-refractivity contribution in [1.82, 2.24) is 14.6 Å². The first kappa shape index (κ1) is 17.0. The van der Waals surface area contributed by atoms with Gasteiger partial charge < -0.3 is 5.73 Å². The molecule has 0 amide bonds. The number of rotatable bonds is 2. The van der Waals surface area contributed by atoms with Crippen LogP contribution in [0.2, 0.25) is 5.02 Å². The second kappa shape index (κ2) is 6.37. The second-order valence-corrected chi connectivity index (χ2v) is 7.24. The largest absolute Gasteiger partial charge is 0.383 e. The van der Waals surface area contributed by atoms with Crippen LogP contribution in [0.25, 0.3) is 27.9 Å². The van der Waals surface area contributed by atoms with Gasteiger partial charge in [0.05, 0.1) is 11.9 Å². The zero-order valence-electron chi connectivity index (χ0n) is 13.7. The van der Waals surface area contributed by atoms with Crippen molar-refractivity contribution in [2.45, 2.75) is 6.92 Å². The van der Waals surface area contributed by atoms with E-state index < -0.39 is 0 Å². The number of nitrogens with zero attached hydrogens (tertiary/aromatic N) is 3. The minimum absolute atomic E-state index is 0.347. The van der Waals surface area contributed by atoms with Gasteiger partial charge in [-0.25, -0.2) is 9.37 Å². The molecule has 0 saturated heterocycles. The lowest BCUT2D eigenvalue weighted by Gasteiger charge is -2.12. The van der Waals surface area contributed by atoms with Crippen molar-refractivity contribution in [3.8, 4) is 22.3 Å². The van der Waals surface area contributed by atoms with Crippen LogP contribution in [0.1, 0.15) is 5.69 Å². The van der Waals surface area contributed by atoms with Crippen molar-refractivity contribution >= 4 is 39.0 Å². The summed E-state index contributed by atoms with van der Waals surface area (Å²) in [6.07, 6.45) is 1.57. The first-order valence-corrected chi connectivity index (χ1v) is 8.98. The Hall–Kier alpha value is -2.44. The van der Waals surface area contributed by atoms with Gasteiger partial charge in [0.25, 0.3) is 0 Å². The Bertz CT molecular complexity index is 1160. The Kier molecular flexibility index (Phi) is 4.17. The molecule has 0 spiro atoms. The molecule has 0 aliphatic carbocycles. The number of hydrogen-bond acceptors (Lipinski definition) is 3. The van der Waals surface area contributed by atoms with Gasteiger partial charge in [-0.05, 0) is 42.8 Å². The van der Waals surface area contributed by atoms with E-state index in [0.717, 1.165) is 21.3 Å².